The molecule has 17 heavy (non-hydrogen) atoms. The number of nitrogen functional groups attached to an aromatic ring is 1. The molecule has 0 bridgehead atoms. The first-order valence-corrected chi connectivity index (χ1v) is 6.83. The zero-order chi connectivity index (χ0) is 13.0. The number of hydrogen-bond donors (Lipinski definition) is 1. The maximum atomic E-state index is 13.7. The third-order valence-corrected chi connectivity index (χ3v) is 3.44. The number of rotatable bonds is 5. The van der Waals surface area contributed by atoms with Crippen molar-refractivity contribution in [2.75, 3.05) is 29.7 Å². The van der Waals surface area contributed by atoms with Crippen molar-refractivity contribution >= 4 is 23.1 Å². The molecule has 2 N–H and O–H groups in total. The molecule has 0 aliphatic heterocycles. The van der Waals surface area contributed by atoms with Crippen LogP contribution in [0.3, 0.4) is 0 Å². The van der Waals surface area contributed by atoms with Gasteiger partial charge in [-0.05, 0) is 37.5 Å². The van der Waals surface area contributed by atoms with Gasteiger partial charge in [-0.2, -0.15) is 11.8 Å². The second kappa shape index (κ2) is 6.10. The number of thioether (sulfide) groups is 1. The SMILES string of the molecule is CSCCC(C)N(C)c1c(F)cc(N)cc1F. The van der Waals surface area contributed by atoms with Gasteiger partial charge in [0, 0.05) is 18.8 Å². The van der Waals surface area contributed by atoms with Crippen LogP contribution in [0.25, 0.3) is 0 Å². The molecular weight excluding hydrogens is 242 g/mol. The van der Waals surface area contributed by atoms with Gasteiger partial charge in [0.25, 0.3) is 0 Å². The molecule has 0 fully saturated rings. The van der Waals surface area contributed by atoms with Crippen LogP contribution in [0, 0.1) is 11.6 Å². The Morgan fingerprint density at radius 2 is 1.88 bits per heavy atom. The monoisotopic (exact) mass is 260 g/mol. The quantitative estimate of drug-likeness (QED) is 0.825. The summed E-state index contributed by atoms with van der Waals surface area (Å²) < 4.78 is 27.4. The van der Waals surface area contributed by atoms with Crippen LogP contribution in [-0.2, 0) is 0 Å². The molecule has 1 unspecified atom stereocenters. The molecule has 0 aliphatic rings. The number of anilines is 2. The van der Waals surface area contributed by atoms with E-state index in [1.165, 1.54) is 0 Å². The highest BCUT2D eigenvalue weighted by molar-refractivity contribution is 7.98. The predicted octanol–water partition coefficient (Wildman–Crippen LogP) is 3.12. The molecule has 0 aliphatic carbocycles. The zero-order valence-corrected chi connectivity index (χ0v) is 11.2. The largest absolute Gasteiger partial charge is 0.399 e. The van der Waals surface area contributed by atoms with Gasteiger partial charge in [-0.3, -0.25) is 0 Å². The van der Waals surface area contributed by atoms with Crippen molar-refractivity contribution in [1.82, 2.24) is 0 Å². The van der Waals surface area contributed by atoms with E-state index < -0.39 is 11.6 Å². The molecule has 0 aromatic heterocycles. The van der Waals surface area contributed by atoms with Crippen LogP contribution in [0.2, 0.25) is 0 Å². The summed E-state index contributed by atoms with van der Waals surface area (Å²) in [6.45, 7) is 1.95. The molecule has 1 atom stereocenters. The summed E-state index contributed by atoms with van der Waals surface area (Å²) in [5.74, 6) is -0.258. The van der Waals surface area contributed by atoms with Gasteiger partial charge in [0.05, 0.1) is 0 Å². The fourth-order valence-corrected chi connectivity index (χ4v) is 2.20. The number of benzene rings is 1. The maximum Gasteiger partial charge on any atom is 0.151 e. The average Bonchev–Trinajstić information content (AvgIpc) is 2.24. The minimum Gasteiger partial charge on any atom is -0.399 e. The van der Waals surface area contributed by atoms with E-state index in [1.807, 2.05) is 13.2 Å². The summed E-state index contributed by atoms with van der Waals surface area (Å²) in [6.07, 6.45) is 2.89. The van der Waals surface area contributed by atoms with Crippen molar-refractivity contribution in [1.29, 1.82) is 0 Å². The molecule has 0 spiro atoms. The van der Waals surface area contributed by atoms with Gasteiger partial charge in [-0.1, -0.05) is 0 Å². The highest BCUT2D eigenvalue weighted by Crippen LogP contribution is 2.27. The van der Waals surface area contributed by atoms with Crippen LogP contribution < -0.4 is 10.6 Å². The van der Waals surface area contributed by atoms with Crippen molar-refractivity contribution in [3.8, 4) is 0 Å². The lowest BCUT2D eigenvalue weighted by atomic mass is 10.2. The molecule has 0 radical (unpaired) electrons. The number of halogens is 2. The second-order valence-corrected chi connectivity index (χ2v) is 5.06. The summed E-state index contributed by atoms with van der Waals surface area (Å²) >= 11 is 1.72. The summed E-state index contributed by atoms with van der Waals surface area (Å²) in [5.41, 5.74) is 5.48. The summed E-state index contributed by atoms with van der Waals surface area (Å²) in [7, 11) is 1.70. The zero-order valence-electron chi connectivity index (χ0n) is 10.3. The Kier molecular flexibility index (Phi) is 5.05. The second-order valence-electron chi connectivity index (χ2n) is 4.07. The van der Waals surface area contributed by atoms with Gasteiger partial charge in [-0.15, -0.1) is 0 Å². The van der Waals surface area contributed by atoms with Gasteiger partial charge in [-0.25, -0.2) is 8.78 Å². The first kappa shape index (κ1) is 14.1. The Morgan fingerprint density at radius 3 is 2.35 bits per heavy atom. The van der Waals surface area contributed by atoms with Crippen LogP contribution >= 0.6 is 11.8 Å². The Bertz CT molecular complexity index is 362. The maximum absolute atomic E-state index is 13.7. The first-order valence-electron chi connectivity index (χ1n) is 5.43. The predicted molar refractivity (Wildman–Crippen MR) is 71.6 cm³/mol. The van der Waals surface area contributed by atoms with Crippen LogP contribution in [0.5, 0.6) is 0 Å². The fraction of sp³-hybridized carbons (Fsp3) is 0.500. The lowest BCUT2D eigenvalue weighted by Gasteiger charge is -2.27. The van der Waals surface area contributed by atoms with Crippen LogP contribution in [-0.4, -0.2) is 25.1 Å². The first-order chi connectivity index (χ1) is 7.97. The highest BCUT2D eigenvalue weighted by Gasteiger charge is 2.18. The van der Waals surface area contributed by atoms with Gasteiger partial charge in [0.2, 0.25) is 0 Å². The van der Waals surface area contributed by atoms with Crippen LogP contribution in [0.15, 0.2) is 12.1 Å². The molecule has 0 amide bonds. The van der Waals surface area contributed by atoms with Crippen LogP contribution in [0.4, 0.5) is 20.2 Å². The van der Waals surface area contributed by atoms with E-state index in [9.17, 15) is 8.78 Å². The van der Waals surface area contributed by atoms with E-state index in [-0.39, 0.29) is 17.4 Å². The molecule has 0 saturated heterocycles. The smallest absolute Gasteiger partial charge is 0.151 e. The van der Waals surface area contributed by atoms with Crippen molar-refractivity contribution in [3.63, 3.8) is 0 Å². The minimum absolute atomic E-state index is 0.00666. The topological polar surface area (TPSA) is 29.3 Å². The summed E-state index contributed by atoms with van der Waals surface area (Å²) in [6, 6.07) is 2.38. The lowest BCUT2D eigenvalue weighted by molar-refractivity contribution is 0.559. The normalized spacial score (nSPS) is 12.5. The number of nitrogens with zero attached hydrogens (tertiary/aromatic N) is 1. The van der Waals surface area contributed by atoms with E-state index in [4.69, 9.17) is 5.73 Å². The molecule has 0 heterocycles. The summed E-state index contributed by atoms with van der Waals surface area (Å²) in [5, 5.41) is 0. The van der Waals surface area contributed by atoms with Crippen molar-refractivity contribution < 1.29 is 8.78 Å². The molecule has 2 nitrogen and oxygen atoms in total. The number of hydrogen-bond acceptors (Lipinski definition) is 3. The van der Waals surface area contributed by atoms with Gasteiger partial charge in [0.1, 0.15) is 5.69 Å². The molecule has 1 aromatic rings. The standard InChI is InChI=1S/C12H18F2N2S/c1-8(4-5-17-3)16(2)12-10(13)6-9(15)7-11(12)14/h6-8H,4-5,15H2,1-3H3. The van der Waals surface area contributed by atoms with E-state index in [2.05, 4.69) is 0 Å². The molecule has 0 saturated carbocycles. The lowest BCUT2D eigenvalue weighted by Crippen LogP contribution is -2.31. The average molecular weight is 260 g/mol. The molecule has 5 heteroatoms. The van der Waals surface area contributed by atoms with Gasteiger partial charge >= 0.3 is 0 Å². The Labute approximate surface area is 105 Å². The third kappa shape index (κ3) is 3.49. The Balaban J connectivity index is 2.91. The van der Waals surface area contributed by atoms with Gasteiger partial charge in [0.15, 0.2) is 11.6 Å². The van der Waals surface area contributed by atoms with E-state index in [0.717, 1.165) is 24.3 Å². The van der Waals surface area contributed by atoms with E-state index in [0.29, 0.717) is 0 Å². The number of nitrogens with two attached hydrogens (primary N) is 1. The van der Waals surface area contributed by atoms with Crippen molar-refractivity contribution in [3.05, 3.63) is 23.8 Å². The molecule has 1 aromatic carbocycles. The Morgan fingerprint density at radius 1 is 1.35 bits per heavy atom. The van der Waals surface area contributed by atoms with Crippen molar-refractivity contribution in [2.24, 2.45) is 0 Å². The molecular formula is C12H18F2N2S. The molecule has 1 rings (SSSR count). The summed E-state index contributed by atoms with van der Waals surface area (Å²) in [4.78, 5) is 1.63. The van der Waals surface area contributed by atoms with E-state index >= 15 is 0 Å². The van der Waals surface area contributed by atoms with Crippen molar-refractivity contribution in [2.45, 2.75) is 19.4 Å². The van der Waals surface area contributed by atoms with Crippen LogP contribution in [0.1, 0.15) is 13.3 Å². The van der Waals surface area contributed by atoms with E-state index in [1.54, 1.807) is 23.7 Å². The minimum atomic E-state index is -0.610. The molecule has 96 valence electrons. The van der Waals surface area contributed by atoms with Gasteiger partial charge < -0.3 is 10.6 Å². The Hall–Kier alpha value is -0.970. The highest BCUT2D eigenvalue weighted by atomic mass is 32.2. The third-order valence-electron chi connectivity index (χ3n) is 2.79. The fourth-order valence-electron chi connectivity index (χ4n) is 1.62.